The summed E-state index contributed by atoms with van der Waals surface area (Å²) in [7, 11) is 0. The van der Waals surface area contributed by atoms with Gasteiger partial charge in [-0.2, -0.15) is 52.7 Å². The van der Waals surface area contributed by atoms with Crippen LogP contribution in [0.3, 0.4) is 0 Å². The molecule has 0 unspecified atom stereocenters. The molecule has 1 aliphatic rings. The molecular weight excluding hydrogens is 1130 g/mol. The lowest BCUT2D eigenvalue weighted by atomic mass is 9.64. The van der Waals surface area contributed by atoms with E-state index in [1.807, 2.05) is 30.3 Å². The van der Waals surface area contributed by atoms with Gasteiger partial charge in [-0.3, -0.25) is 0 Å². The molecule has 0 spiro atoms. The molecule has 21 heteroatoms. The van der Waals surface area contributed by atoms with Gasteiger partial charge in [0.25, 0.3) is 0 Å². The van der Waals surface area contributed by atoms with Crippen LogP contribution in [-0.4, -0.2) is 30.6 Å². The highest BCUT2D eigenvalue weighted by atomic mass is 19.4. The SMILES string of the molecule is FC(F)(F)c1cccc(C2=CC=C(c3ccc(C(c4ccc(-c5nnc(-c6cccc(C(F)(F)F)c6)o5)cc4)(c4ccc(-c5nnc(-c6cccc(C(F)(F)F)c6)o5)cc4)c4ccc(-c5nnc(-c6cccc(C(F)(F)F)c6)o5)cc4)cc3)C2)c1. The zero-order chi connectivity index (χ0) is 59.5. The van der Waals surface area contributed by atoms with Crippen LogP contribution in [0.4, 0.5) is 52.7 Å². The smallest absolute Gasteiger partial charge is 0.416 e. The summed E-state index contributed by atoms with van der Waals surface area (Å²) < 4.78 is 182. The molecule has 0 aliphatic heterocycles. The van der Waals surface area contributed by atoms with Crippen molar-refractivity contribution in [2.75, 3.05) is 0 Å². The molecule has 0 fully saturated rings. The Balaban J connectivity index is 0.970. The van der Waals surface area contributed by atoms with Gasteiger partial charge in [0, 0.05) is 33.4 Å². The molecule has 0 bridgehead atoms. The van der Waals surface area contributed by atoms with E-state index in [0.717, 1.165) is 59.7 Å². The van der Waals surface area contributed by atoms with Gasteiger partial charge in [0.05, 0.1) is 27.7 Å². The number of rotatable bonds is 12. The molecule has 0 atom stereocenters. The van der Waals surface area contributed by atoms with Crippen molar-refractivity contribution in [1.82, 2.24) is 30.6 Å². The van der Waals surface area contributed by atoms with Crippen molar-refractivity contribution in [3.8, 4) is 68.7 Å². The Kier molecular flexibility index (Phi) is 13.8. The van der Waals surface area contributed by atoms with Crippen molar-refractivity contribution in [2.24, 2.45) is 0 Å². The lowest BCUT2D eigenvalue weighted by Gasteiger charge is -2.37. The largest absolute Gasteiger partial charge is 0.416 e. The van der Waals surface area contributed by atoms with Gasteiger partial charge in [0.2, 0.25) is 35.3 Å². The second-order valence-electron chi connectivity index (χ2n) is 19.7. The normalized spacial score (nSPS) is 13.3. The molecule has 12 rings (SSSR count). The van der Waals surface area contributed by atoms with Crippen LogP contribution in [0.5, 0.6) is 0 Å². The monoisotopic (exact) mass is 1160 g/mol. The van der Waals surface area contributed by atoms with Gasteiger partial charge in [-0.05, 0) is 154 Å². The number of alkyl halides is 12. The first-order chi connectivity index (χ1) is 40.6. The van der Waals surface area contributed by atoms with Gasteiger partial charge in [-0.15, -0.1) is 30.6 Å². The Morgan fingerprint density at radius 2 is 0.482 bits per heavy atom. The van der Waals surface area contributed by atoms with Gasteiger partial charge in [-0.1, -0.05) is 103 Å². The summed E-state index contributed by atoms with van der Waals surface area (Å²) >= 11 is 0. The Labute approximate surface area is 473 Å². The molecule has 3 aromatic heterocycles. The van der Waals surface area contributed by atoms with Crippen molar-refractivity contribution in [3.05, 3.63) is 262 Å². The third-order valence-corrected chi connectivity index (χ3v) is 14.4. The summed E-state index contributed by atoms with van der Waals surface area (Å²) in [5.74, 6) is -0.543. The van der Waals surface area contributed by atoms with E-state index < -0.39 is 52.4 Å². The second-order valence-corrected chi connectivity index (χ2v) is 19.7. The standard InChI is InChI=1S/C64H36F12N6O3/c65-61(66,67)50-9-1-5-40(32-50)42-14-13-41(31-42)36-15-23-46(24-16-36)60(47-25-17-37(18-26-47)54-77-80-57(83-54)43-6-2-10-51(33-43)62(68,69)70,48-27-19-38(20-28-48)55-78-81-58(84-55)44-7-3-11-52(34-44)63(71,72)73)49-29-21-39(22-30-49)56-79-82-59(85-56)45-8-4-12-53(35-45)64(74,75)76/h1-30,32-35H,31H2. The summed E-state index contributed by atoms with van der Waals surface area (Å²) in [6.45, 7) is 0. The van der Waals surface area contributed by atoms with Crippen molar-refractivity contribution < 1.29 is 65.9 Å². The summed E-state index contributed by atoms with van der Waals surface area (Å²) in [6, 6.07) is 46.9. The molecule has 85 heavy (non-hydrogen) atoms. The van der Waals surface area contributed by atoms with Crippen LogP contribution in [0, 0.1) is 0 Å². The first kappa shape index (κ1) is 55.4. The Bertz CT molecular complexity index is 3990. The highest BCUT2D eigenvalue weighted by Crippen LogP contribution is 2.48. The topological polar surface area (TPSA) is 117 Å². The highest BCUT2D eigenvalue weighted by Gasteiger charge is 2.40. The molecule has 0 amide bonds. The van der Waals surface area contributed by atoms with E-state index in [2.05, 4.69) is 30.6 Å². The number of hydrogen-bond acceptors (Lipinski definition) is 9. The zero-order valence-corrected chi connectivity index (χ0v) is 43.3. The summed E-state index contributed by atoms with van der Waals surface area (Å²) in [6.07, 6.45) is -14.5. The highest BCUT2D eigenvalue weighted by molar-refractivity contribution is 5.87. The van der Waals surface area contributed by atoms with Crippen molar-refractivity contribution in [2.45, 2.75) is 36.5 Å². The number of hydrogen-bond donors (Lipinski definition) is 0. The fourth-order valence-corrected chi connectivity index (χ4v) is 10.2. The minimum Gasteiger partial charge on any atom is -0.416 e. The molecule has 424 valence electrons. The van der Waals surface area contributed by atoms with Gasteiger partial charge in [0.1, 0.15) is 0 Å². The van der Waals surface area contributed by atoms with Gasteiger partial charge in [0.15, 0.2) is 0 Å². The predicted octanol–water partition coefficient (Wildman–Crippen LogP) is 18.2. The molecule has 11 aromatic rings. The minimum absolute atomic E-state index is 0.0151. The number of aromatic nitrogens is 6. The predicted molar refractivity (Wildman–Crippen MR) is 288 cm³/mol. The average molecular weight is 1170 g/mol. The van der Waals surface area contributed by atoms with Gasteiger partial charge >= 0.3 is 24.7 Å². The average Bonchev–Trinajstić information content (AvgIpc) is 2.91. The third kappa shape index (κ3) is 11.0. The number of allylic oxidation sites excluding steroid dienone is 4. The molecule has 9 nitrogen and oxygen atoms in total. The van der Waals surface area contributed by atoms with E-state index in [1.165, 1.54) is 42.5 Å². The lowest BCUT2D eigenvalue weighted by molar-refractivity contribution is -0.138. The van der Waals surface area contributed by atoms with Crippen LogP contribution in [0.2, 0.25) is 0 Å². The second kappa shape index (κ2) is 21.2. The Morgan fingerprint density at radius 3 is 0.765 bits per heavy atom. The van der Waals surface area contributed by atoms with Crippen LogP contribution < -0.4 is 0 Å². The molecule has 0 saturated heterocycles. The maximum atomic E-state index is 13.7. The molecule has 0 radical (unpaired) electrons. The quantitative estimate of drug-likeness (QED) is 0.0871. The fraction of sp³-hybridized carbons (Fsp3) is 0.0938. The maximum absolute atomic E-state index is 13.7. The number of nitrogens with zero attached hydrogens (tertiary/aromatic N) is 6. The van der Waals surface area contributed by atoms with E-state index in [1.54, 1.807) is 84.9 Å². The van der Waals surface area contributed by atoms with E-state index in [-0.39, 0.29) is 52.0 Å². The Morgan fingerprint density at radius 1 is 0.247 bits per heavy atom. The first-order valence-corrected chi connectivity index (χ1v) is 25.6. The Hall–Kier alpha value is -10.2. The van der Waals surface area contributed by atoms with Crippen molar-refractivity contribution >= 4 is 11.1 Å². The van der Waals surface area contributed by atoms with E-state index in [9.17, 15) is 52.7 Å². The molecule has 1 aliphatic carbocycles. The van der Waals surface area contributed by atoms with Crippen LogP contribution in [0.1, 0.15) is 62.1 Å². The number of halogens is 12. The van der Waals surface area contributed by atoms with E-state index >= 15 is 0 Å². The van der Waals surface area contributed by atoms with Crippen LogP contribution in [0.15, 0.2) is 220 Å². The summed E-state index contributed by atoms with van der Waals surface area (Å²) in [5, 5.41) is 24.6. The maximum Gasteiger partial charge on any atom is 0.416 e. The molecule has 8 aromatic carbocycles. The summed E-state index contributed by atoms with van der Waals surface area (Å²) in [5.41, 5.74) is 1.62. The summed E-state index contributed by atoms with van der Waals surface area (Å²) in [4.78, 5) is 0. The number of benzene rings is 8. The molecule has 0 N–H and O–H groups in total. The molecule has 0 saturated carbocycles. The molecule has 3 heterocycles. The van der Waals surface area contributed by atoms with Gasteiger partial charge in [-0.25, -0.2) is 0 Å². The third-order valence-electron chi connectivity index (χ3n) is 14.4. The molecular formula is C64H36F12N6O3. The van der Waals surface area contributed by atoms with Crippen LogP contribution >= 0.6 is 0 Å². The van der Waals surface area contributed by atoms with Crippen LogP contribution in [-0.2, 0) is 30.1 Å². The fourth-order valence-electron chi connectivity index (χ4n) is 10.2. The minimum atomic E-state index is -4.63. The first-order valence-electron chi connectivity index (χ1n) is 25.6. The van der Waals surface area contributed by atoms with Gasteiger partial charge < -0.3 is 13.3 Å². The van der Waals surface area contributed by atoms with Crippen LogP contribution in [0.25, 0.3) is 79.9 Å². The van der Waals surface area contributed by atoms with Crippen molar-refractivity contribution in [1.29, 1.82) is 0 Å². The van der Waals surface area contributed by atoms with E-state index in [4.69, 9.17) is 13.3 Å². The zero-order valence-electron chi connectivity index (χ0n) is 43.3. The van der Waals surface area contributed by atoms with Crippen molar-refractivity contribution in [3.63, 3.8) is 0 Å². The van der Waals surface area contributed by atoms with E-state index in [0.29, 0.717) is 56.5 Å². The lowest BCUT2D eigenvalue weighted by Crippen LogP contribution is -2.31.